The normalized spacial score (nSPS) is 12.0. The van der Waals surface area contributed by atoms with Crippen LogP contribution in [0.3, 0.4) is 0 Å². The molecule has 0 aliphatic carbocycles. The summed E-state index contributed by atoms with van der Waals surface area (Å²) in [5.74, 6) is -0.216. The lowest BCUT2D eigenvalue weighted by Crippen LogP contribution is -2.25. The van der Waals surface area contributed by atoms with Crippen LogP contribution in [-0.4, -0.2) is 33.3 Å². The molecule has 3 aromatic heterocycles. The lowest BCUT2D eigenvalue weighted by Gasteiger charge is -2.09. The van der Waals surface area contributed by atoms with Crippen molar-refractivity contribution in [1.29, 1.82) is 0 Å². The predicted octanol–water partition coefficient (Wildman–Crippen LogP) is 1.52. The molecule has 1 aromatic carbocycles. The van der Waals surface area contributed by atoms with E-state index >= 15 is 0 Å². The number of aryl methyl sites for hydroxylation is 1. The molecule has 126 valence electrons. The summed E-state index contributed by atoms with van der Waals surface area (Å²) in [5.41, 5.74) is 1.04. The first kappa shape index (κ1) is 15.5. The van der Waals surface area contributed by atoms with Crippen molar-refractivity contribution in [1.82, 2.24) is 19.2 Å². The largest absolute Gasteiger partial charge is 0.298 e. The van der Waals surface area contributed by atoms with Gasteiger partial charge in [0, 0.05) is 6.54 Å². The van der Waals surface area contributed by atoms with E-state index in [2.05, 4.69) is 10.1 Å². The zero-order valence-electron chi connectivity index (χ0n) is 13.1. The van der Waals surface area contributed by atoms with Gasteiger partial charge in [0.25, 0.3) is 5.56 Å². The molecule has 0 aliphatic heterocycles. The molecule has 0 fully saturated rings. The van der Waals surface area contributed by atoms with Crippen molar-refractivity contribution in [2.45, 2.75) is 11.6 Å². The van der Waals surface area contributed by atoms with Crippen LogP contribution in [0, 0.1) is 0 Å². The smallest absolute Gasteiger partial charge is 0.261 e. The molecule has 0 saturated heterocycles. The topological polar surface area (TPSA) is 86.3 Å². The molecule has 0 amide bonds. The third-order valence-electron chi connectivity index (χ3n) is 4.04. The number of fused-ring (bicyclic) bond motifs is 2. The summed E-state index contributed by atoms with van der Waals surface area (Å²) < 4.78 is 28.1. The number of sulfone groups is 1. The summed E-state index contributed by atoms with van der Waals surface area (Å²) in [6, 6.07) is 13.7. The maximum atomic E-state index is 12.7. The molecule has 0 atom stereocenters. The van der Waals surface area contributed by atoms with Crippen molar-refractivity contribution in [2.75, 3.05) is 5.75 Å². The zero-order chi connectivity index (χ0) is 17.4. The Bertz CT molecular complexity index is 1240. The van der Waals surface area contributed by atoms with E-state index in [-0.39, 0.29) is 22.9 Å². The molecule has 4 aromatic rings. The van der Waals surface area contributed by atoms with E-state index in [4.69, 9.17) is 0 Å². The van der Waals surface area contributed by atoms with E-state index in [1.165, 1.54) is 21.5 Å². The Kier molecular flexibility index (Phi) is 3.61. The van der Waals surface area contributed by atoms with Gasteiger partial charge in [-0.3, -0.25) is 9.36 Å². The molecule has 0 saturated carbocycles. The third-order valence-corrected chi connectivity index (χ3v) is 5.70. The van der Waals surface area contributed by atoms with Crippen molar-refractivity contribution in [2.24, 2.45) is 0 Å². The first-order valence-electron chi connectivity index (χ1n) is 7.66. The van der Waals surface area contributed by atoms with E-state index in [0.29, 0.717) is 16.4 Å². The van der Waals surface area contributed by atoms with Crippen LogP contribution in [0.1, 0.15) is 0 Å². The first-order chi connectivity index (χ1) is 12.1. The Morgan fingerprint density at radius 2 is 1.84 bits per heavy atom. The molecule has 0 N–H and O–H groups in total. The van der Waals surface area contributed by atoms with Gasteiger partial charge in [0.1, 0.15) is 0 Å². The molecular formula is C17H14N4O3S. The number of para-hydroxylation sites is 1. The highest BCUT2D eigenvalue weighted by Gasteiger charge is 2.19. The summed E-state index contributed by atoms with van der Waals surface area (Å²) in [4.78, 5) is 16.7. The van der Waals surface area contributed by atoms with Crippen molar-refractivity contribution in [3.63, 3.8) is 0 Å². The fourth-order valence-corrected chi connectivity index (χ4v) is 4.10. The van der Waals surface area contributed by atoms with Crippen molar-refractivity contribution in [3.8, 4) is 0 Å². The van der Waals surface area contributed by atoms with E-state index in [0.717, 1.165) is 0 Å². The van der Waals surface area contributed by atoms with Crippen LogP contribution in [0.4, 0.5) is 0 Å². The van der Waals surface area contributed by atoms with Crippen LogP contribution >= 0.6 is 0 Å². The Morgan fingerprint density at radius 3 is 2.72 bits per heavy atom. The van der Waals surface area contributed by atoms with E-state index in [1.807, 2.05) is 0 Å². The fraction of sp³-hybridized carbons (Fsp3) is 0.118. The highest BCUT2D eigenvalue weighted by Crippen LogP contribution is 2.14. The molecule has 25 heavy (non-hydrogen) atoms. The fourth-order valence-electron chi connectivity index (χ4n) is 2.75. The second kappa shape index (κ2) is 5.82. The average Bonchev–Trinajstić information content (AvgIpc) is 3.10. The molecule has 0 unspecified atom stereocenters. The number of hydrogen-bond acceptors (Lipinski definition) is 5. The first-order valence-corrected chi connectivity index (χ1v) is 9.31. The number of pyridine rings is 1. The maximum absolute atomic E-state index is 12.7. The van der Waals surface area contributed by atoms with Gasteiger partial charge in [-0.05, 0) is 30.3 Å². The second-order valence-electron chi connectivity index (χ2n) is 5.61. The van der Waals surface area contributed by atoms with E-state index in [1.54, 1.807) is 48.7 Å². The van der Waals surface area contributed by atoms with Gasteiger partial charge in [-0.25, -0.2) is 17.9 Å². The summed E-state index contributed by atoms with van der Waals surface area (Å²) in [6.07, 6.45) is 2.93. The highest BCUT2D eigenvalue weighted by atomic mass is 32.2. The van der Waals surface area contributed by atoms with Gasteiger partial charge < -0.3 is 0 Å². The van der Waals surface area contributed by atoms with Gasteiger partial charge >= 0.3 is 0 Å². The third kappa shape index (κ3) is 2.70. The molecular weight excluding hydrogens is 340 g/mol. The van der Waals surface area contributed by atoms with Crippen molar-refractivity contribution in [3.05, 3.63) is 71.4 Å². The number of nitrogens with zero attached hydrogens (tertiary/aromatic N) is 4. The Labute approximate surface area is 143 Å². The predicted molar refractivity (Wildman–Crippen MR) is 93.2 cm³/mol. The molecule has 3 heterocycles. The van der Waals surface area contributed by atoms with Gasteiger partial charge in [-0.1, -0.05) is 18.2 Å². The minimum absolute atomic E-state index is 0.0245. The van der Waals surface area contributed by atoms with Gasteiger partial charge in [-0.2, -0.15) is 5.10 Å². The Morgan fingerprint density at radius 1 is 1.00 bits per heavy atom. The minimum atomic E-state index is -3.61. The monoisotopic (exact) mass is 354 g/mol. The Hall–Kier alpha value is -3.00. The quantitative estimate of drug-likeness (QED) is 0.555. The Balaban J connectivity index is 1.68. The molecule has 0 spiro atoms. The highest BCUT2D eigenvalue weighted by molar-refractivity contribution is 7.91. The number of hydrogen-bond donors (Lipinski definition) is 0. The van der Waals surface area contributed by atoms with Gasteiger partial charge in [-0.15, -0.1) is 0 Å². The summed E-state index contributed by atoms with van der Waals surface area (Å²) in [6.45, 7) is 0.0245. The number of rotatable bonds is 4. The molecule has 0 radical (unpaired) electrons. The van der Waals surface area contributed by atoms with Crippen LogP contribution in [0.5, 0.6) is 0 Å². The van der Waals surface area contributed by atoms with Gasteiger partial charge in [0.15, 0.2) is 14.9 Å². The second-order valence-corrected chi connectivity index (χ2v) is 7.67. The van der Waals surface area contributed by atoms with Crippen molar-refractivity contribution >= 4 is 26.3 Å². The zero-order valence-corrected chi connectivity index (χ0v) is 13.9. The summed E-state index contributed by atoms with van der Waals surface area (Å²) in [7, 11) is -3.61. The lowest BCUT2D eigenvalue weighted by molar-refractivity contribution is 0.578. The van der Waals surface area contributed by atoms with Crippen LogP contribution in [0.25, 0.3) is 16.4 Å². The summed E-state index contributed by atoms with van der Waals surface area (Å²) >= 11 is 0. The van der Waals surface area contributed by atoms with Gasteiger partial charge in [0.2, 0.25) is 0 Å². The number of benzene rings is 1. The standard InChI is InChI=1S/C17H14N4O3S/c22-17-14-5-1-2-6-15(14)18-12-20(17)10-11-25(23,24)16-7-3-4-13-8-9-19-21(13)16/h1-9,12H,10-11H2. The molecule has 7 nitrogen and oxygen atoms in total. The minimum Gasteiger partial charge on any atom is -0.298 e. The van der Waals surface area contributed by atoms with E-state index in [9.17, 15) is 13.2 Å². The average molecular weight is 354 g/mol. The van der Waals surface area contributed by atoms with E-state index < -0.39 is 9.84 Å². The van der Waals surface area contributed by atoms with Crippen LogP contribution in [0.15, 0.2) is 70.9 Å². The summed E-state index contributed by atoms with van der Waals surface area (Å²) in [5, 5.41) is 4.63. The SMILES string of the molecule is O=c1c2ccccc2ncn1CCS(=O)(=O)c1cccc2ccnn12. The molecule has 4 rings (SSSR count). The van der Waals surface area contributed by atoms with Crippen molar-refractivity contribution < 1.29 is 8.42 Å². The molecule has 0 bridgehead atoms. The number of aromatic nitrogens is 4. The van der Waals surface area contributed by atoms with Crippen LogP contribution in [0.2, 0.25) is 0 Å². The molecule has 0 aliphatic rings. The lowest BCUT2D eigenvalue weighted by atomic mass is 10.2. The van der Waals surface area contributed by atoms with Crippen LogP contribution in [-0.2, 0) is 16.4 Å². The molecule has 8 heteroatoms. The van der Waals surface area contributed by atoms with Crippen LogP contribution < -0.4 is 5.56 Å². The van der Waals surface area contributed by atoms with Gasteiger partial charge in [0.05, 0.1) is 34.7 Å². The maximum Gasteiger partial charge on any atom is 0.261 e.